The van der Waals surface area contributed by atoms with Crippen LogP contribution in [0.15, 0.2) is 66.7 Å². The van der Waals surface area contributed by atoms with Crippen LogP contribution in [-0.2, 0) is 0 Å². The minimum absolute atomic E-state index is 0.0396. The first kappa shape index (κ1) is 23.3. The zero-order valence-electron chi connectivity index (χ0n) is 19.7. The lowest BCUT2D eigenvalue weighted by Gasteiger charge is -2.32. The lowest BCUT2D eigenvalue weighted by atomic mass is 10.0. The van der Waals surface area contributed by atoms with Crippen LogP contribution in [0.3, 0.4) is 0 Å². The van der Waals surface area contributed by atoms with Crippen LogP contribution in [0.25, 0.3) is 11.1 Å². The van der Waals surface area contributed by atoms with E-state index in [-0.39, 0.29) is 12.1 Å². The van der Waals surface area contributed by atoms with Gasteiger partial charge in [0, 0.05) is 31.5 Å². The Balaban J connectivity index is 1.37. The van der Waals surface area contributed by atoms with Crippen molar-refractivity contribution in [2.45, 2.75) is 18.9 Å². The molecule has 0 spiro atoms. The van der Waals surface area contributed by atoms with E-state index < -0.39 is 0 Å². The molecule has 1 saturated heterocycles. The van der Waals surface area contributed by atoms with Gasteiger partial charge in [0.05, 0.1) is 27.0 Å². The van der Waals surface area contributed by atoms with E-state index in [9.17, 15) is 4.79 Å². The van der Waals surface area contributed by atoms with Gasteiger partial charge in [0.2, 0.25) is 0 Å². The highest BCUT2D eigenvalue weighted by Gasteiger charge is 2.24. The zero-order chi connectivity index (χ0) is 23.9. The molecule has 0 radical (unpaired) electrons. The van der Waals surface area contributed by atoms with Gasteiger partial charge in [0.25, 0.3) is 0 Å². The second kappa shape index (κ2) is 10.8. The lowest BCUT2D eigenvalue weighted by molar-refractivity contribution is 0.115. The summed E-state index contributed by atoms with van der Waals surface area (Å²) in [6.07, 6.45) is 1.55. The van der Waals surface area contributed by atoms with Crippen molar-refractivity contribution < 1.29 is 23.7 Å². The molecule has 0 aromatic heterocycles. The summed E-state index contributed by atoms with van der Waals surface area (Å²) < 4.78 is 22.5. The third-order valence-electron chi connectivity index (χ3n) is 5.93. The number of anilines is 1. The maximum Gasteiger partial charge on any atom is 0.321 e. The van der Waals surface area contributed by atoms with E-state index in [1.54, 1.807) is 21.3 Å². The van der Waals surface area contributed by atoms with Crippen molar-refractivity contribution in [3.63, 3.8) is 0 Å². The number of carbonyl (C=O) groups is 1. The van der Waals surface area contributed by atoms with Crippen LogP contribution < -0.4 is 24.3 Å². The van der Waals surface area contributed by atoms with E-state index in [0.29, 0.717) is 24.5 Å². The summed E-state index contributed by atoms with van der Waals surface area (Å²) in [7, 11) is 4.89. The number of piperidine rings is 1. The predicted octanol–water partition coefficient (Wildman–Crippen LogP) is 5.45. The second-order valence-corrected chi connectivity index (χ2v) is 8.03. The number of likely N-dealkylation sites (tertiary alicyclic amines) is 1. The zero-order valence-corrected chi connectivity index (χ0v) is 19.7. The number of methoxy groups -OCH3 is 3. The number of carbonyl (C=O) groups excluding carboxylic acids is 1. The van der Waals surface area contributed by atoms with Crippen LogP contribution in [0, 0.1) is 0 Å². The molecule has 0 saturated carbocycles. The number of hydrogen-bond donors (Lipinski definition) is 1. The van der Waals surface area contributed by atoms with Crippen molar-refractivity contribution in [2.75, 3.05) is 39.7 Å². The van der Waals surface area contributed by atoms with Crippen molar-refractivity contribution in [1.82, 2.24) is 4.90 Å². The predicted molar refractivity (Wildman–Crippen MR) is 132 cm³/mol. The number of amides is 2. The van der Waals surface area contributed by atoms with Crippen LogP contribution in [0.1, 0.15) is 12.8 Å². The molecule has 3 aromatic rings. The van der Waals surface area contributed by atoms with Gasteiger partial charge in [-0.25, -0.2) is 4.79 Å². The number of benzene rings is 3. The molecule has 0 unspecified atom stereocenters. The lowest BCUT2D eigenvalue weighted by Crippen LogP contribution is -2.43. The summed E-state index contributed by atoms with van der Waals surface area (Å²) in [5, 5.41) is 2.94. The number of rotatable bonds is 7. The molecule has 3 aromatic carbocycles. The molecular weight excluding hydrogens is 432 g/mol. The molecule has 2 amide bonds. The van der Waals surface area contributed by atoms with Crippen LogP contribution in [-0.4, -0.2) is 51.5 Å². The molecule has 1 N–H and O–H groups in total. The van der Waals surface area contributed by atoms with Crippen molar-refractivity contribution in [1.29, 1.82) is 0 Å². The quantitative estimate of drug-likeness (QED) is 0.505. The molecule has 1 heterocycles. The van der Waals surface area contributed by atoms with Gasteiger partial charge in [0.15, 0.2) is 0 Å². The Bertz CT molecular complexity index is 1130. The second-order valence-electron chi connectivity index (χ2n) is 8.03. The molecule has 178 valence electrons. The fourth-order valence-electron chi connectivity index (χ4n) is 4.09. The van der Waals surface area contributed by atoms with Crippen molar-refractivity contribution in [3.8, 4) is 34.1 Å². The average Bonchev–Trinajstić information content (AvgIpc) is 2.89. The molecule has 1 aliphatic rings. The van der Waals surface area contributed by atoms with Crippen LogP contribution in [0.4, 0.5) is 10.5 Å². The van der Waals surface area contributed by atoms with Crippen molar-refractivity contribution in [2.24, 2.45) is 0 Å². The van der Waals surface area contributed by atoms with Gasteiger partial charge in [-0.1, -0.05) is 24.3 Å². The summed E-state index contributed by atoms with van der Waals surface area (Å²) in [4.78, 5) is 14.5. The van der Waals surface area contributed by atoms with Gasteiger partial charge in [-0.05, 0) is 48.0 Å². The number of urea groups is 1. The van der Waals surface area contributed by atoms with E-state index in [1.807, 2.05) is 71.6 Å². The highest BCUT2D eigenvalue weighted by Crippen LogP contribution is 2.35. The maximum absolute atomic E-state index is 12.7. The third-order valence-corrected chi connectivity index (χ3v) is 5.93. The van der Waals surface area contributed by atoms with E-state index in [4.69, 9.17) is 18.9 Å². The van der Waals surface area contributed by atoms with Crippen LogP contribution >= 0.6 is 0 Å². The molecule has 4 rings (SSSR count). The van der Waals surface area contributed by atoms with E-state index in [0.717, 1.165) is 41.2 Å². The van der Waals surface area contributed by atoms with E-state index in [2.05, 4.69) is 5.32 Å². The van der Waals surface area contributed by atoms with E-state index in [1.165, 1.54) is 0 Å². The molecule has 0 aliphatic carbocycles. The van der Waals surface area contributed by atoms with E-state index >= 15 is 0 Å². The summed E-state index contributed by atoms with van der Waals surface area (Å²) in [6.45, 7) is 1.24. The number of ether oxygens (including phenoxy) is 4. The average molecular weight is 463 g/mol. The monoisotopic (exact) mass is 462 g/mol. The largest absolute Gasteiger partial charge is 0.497 e. The van der Waals surface area contributed by atoms with Gasteiger partial charge in [-0.15, -0.1) is 0 Å². The first-order valence-corrected chi connectivity index (χ1v) is 11.3. The normalized spacial score (nSPS) is 13.8. The smallest absolute Gasteiger partial charge is 0.321 e. The first-order chi connectivity index (χ1) is 16.6. The minimum atomic E-state index is -0.130. The molecule has 34 heavy (non-hydrogen) atoms. The van der Waals surface area contributed by atoms with Crippen molar-refractivity contribution in [3.05, 3.63) is 66.7 Å². The molecule has 1 fully saturated rings. The van der Waals surface area contributed by atoms with Gasteiger partial charge < -0.3 is 29.2 Å². The molecule has 7 heteroatoms. The Morgan fingerprint density at radius 3 is 2.32 bits per heavy atom. The summed E-state index contributed by atoms with van der Waals surface area (Å²) >= 11 is 0. The number of nitrogens with zero attached hydrogens (tertiary/aromatic N) is 1. The Morgan fingerprint density at radius 2 is 1.59 bits per heavy atom. The molecule has 1 aliphatic heterocycles. The number of hydrogen-bond acceptors (Lipinski definition) is 5. The molecule has 0 atom stereocenters. The Hall–Kier alpha value is -3.87. The summed E-state index contributed by atoms with van der Waals surface area (Å²) in [5.41, 5.74) is 2.59. The standard InChI is InChI=1S/C27H30N2O5/c1-31-21-11-12-25(32-2)23(18-21)19-7-6-8-22(17-19)34-20-13-15-29(16-14-20)27(30)28-24-9-4-5-10-26(24)33-3/h4-12,17-18,20H,13-16H2,1-3H3,(H,28,30). The Morgan fingerprint density at radius 1 is 0.824 bits per heavy atom. The molecular formula is C27H30N2O5. The van der Waals surface area contributed by atoms with Crippen molar-refractivity contribution >= 4 is 11.7 Å². The highest BCUT2D eigenvalue weighted by molar-refractivity contribution is 5.91. The maximum atomic E-state index is 12.7. The summed E-state index contributed by atoms with van der Waals surface area (Å²) in [6, 6.07) is 21.0. The highest BCUT2D eigenvalue weighted by atomic mass is 16.5. The van der Waals surface area contributed by atoms with Gasteiger partial charge in [-0.2, -0.15) is 0 Å². The Labute approximate surface area is 200 Å². The SMILES string of the molecule is COc1ccc(OC)c(-c2cccc(OC3CCN(C(=O)Nc4ccccc4OC)CC3)c2)c1. The minimum Gasteiger partial charge on any atom is -0.497 e. The fourth-order valence-corrected chi connectivity index (χ4v) is 4.09. The summed E-state index contributed by atoms with van der Waals surface area (Å²) in [5.74, 6) is 2.97. The number of nitrogens with one attached hydrogen (secondary N) is 1. The first-order valence-electron chi connectivity index (χ1n) is 11.3. The van der Waals surface area contributed by atoms with Crippen LogP contribution in [0.2, 0.25) is 0 Å². The topological polar surface area (TPSA) is 69.3 Å². The molecule has 0 bridgehead atoms. The van der Waals surface area contributed by atoms with Gasteiger partial charge in [0.1, 0.15) is 29.1 Å². The third kappa shape index (κ3) is 5.36. The molecule has 7 nitrogen and oxygen atoms in total. The van der Waals surface area contributed by atoms with Gasteiger partial charge >= 0.3 is 6.03 Å². The number of para-hydroxylation sites is 2. The Kier molecular flexibility index (Phi) is 7.42. The fraction of sp³-hybridized carbons (Fsp3) is 0.296. The van der Waals surface area contributed by atoms with Crippen LogP contribution in [0.5, 0.6) is 23.0 Å². The van der Waals surface area contributed by atoms with Gasteiger partial charge in [-0.3, -0.25) is 0 Å².